The highest BCUT2D eigenvalue weighted by molar-refractivity contribution is 7.54. The largest absolute Gasteiger partial charge is 0.334 e. The van der Waals surface area contributed by atoms with Gasteiger partial charge in [-0.05, 0) is 57.4 Å². The summed E-state index contributed by atoms with van der Waals surface area (Å²) in [7, 11) is -3.00. The Labute approximate surface area is 148 Å². The molecule has 138 valence electrons. The fourth-order valence-electron chi connectivity index (χ4n) is 3.30. The fourth-order valence-corrected chi connectivity index (χ4v) is 4.83. The Hall–Kier alpha value is -0.630. The van der Waals surface area contributed by atoms with Crippen molar-refractivity contribution in [2.75, 3.05) is 19.4 Å². The van der Waals surface area contributed by atoms with Crippen LogP contribution in [0.25, 0.3) is 0 Å². The third-order valence-corrected chi connectivity index (χ3v) is 6.58. The van der Waals surface area contributed by atoms with Gasteiger partial charge in [-0.1, -0.05) is 50.1 Å². The molecule has 0 unspecified atom stereocenters. The van der Waals surface area contributed by atoms with E-state index in [4.69, 9.17) is 9.05 Å². The number of rotatable bonds is 9. The van der Waals surface area contributed by atoms with E-state index in [1.807, 2.05) is 19.9 Å². The van der Waals surface area contributed by atoms with Gasteiger partial charge in [0.1, 0.15) is 0 Å². The molecule has 1 aliphatic carbocycles. The molecule has 4 heteroatoms. The van der Waals surface area contributed by atoms with Gasteiger partial charge in [-0.3, -0.25) is 4.57 Å². The van der Waals surface area contributed by atoms with Gasteiger partial charge in [0.05, 0.1) is 19.4 Å². The normalized spacial score (nSPS) is 19.3. The monoisotopic (exact) mass is 354 g/mol. The van der Waals surface area contributed by atoms with E-state index in [2.05, 4.69) is 39.8 Å². The molecule has 0 bridgehead atoms. The highest BCUT2D eigenvalue weighted by atomic mass is 31.2. The van der Waals surface area contributed by atoms with E-state index in [9.17, 15) is 4.57 Å². The first kappa shape index (κ1) is 21.4. The summed E-state index contributed by atoms with van der Waals surface area (Å²) in [5.41, 5.74) is 4.36. The Bertz CT molecular complexity index is 531. The molecule has 24 heavy (non-hydrogen) atoms. The molecular formula is C20H35O3P. The summed E-state index contributed by atoms with van der Waals surface area (Å²) in [4.78, 5) is 0. The van der Waals surface area contributed by atoms with Gasteiger partial charge in [0, 0.05) is 0 Å². The highest BCUT2D eigenvalue weighted by Crippen LogP contribution is 2.48. The number of allylic oxidation sites excluding steroid dienone is 6. The van der Waals surface area contributed by atoms with Gasteiger partial charge in [-0.2, -0.15) is 0 Å². The van der Waals surface area contributed by atoms with E-state index in [1.165, 1.54) is 36.0 Å². The molecule has 0 heterocycles. The van der Waals surface area contributed by atoms with Crippen LogP contribution in [0, 0.1) is 5.41 Å². The molecule has 0 saturated carbocycles. The van der Waals surface area contributed by atoms with Crippen LogP contribution < -0.4 is 0 Å². The maximum Gasteiger partial charge on any atom is 0.334 e. The van der Waals surface area contributed by atoms with Crippen LogP contribution in [-0.2, 0) is 13.6 Å². The zero-order valence-corrected chi connectivity index (χ0v) is 17.2. The van der Waals surface area contributed by atoms with Crippen LogP contribution >= 0.6 is 7.60 Å². The second-order valence-electron chi connectivity index (χ2n) is 7.03. The molecule has 0 N–H and O–H groups in total. The molecule has 0 aromatic rings. The van der Waals surface area contributed by atoms with E-state index in [1.54, 1.807) is 0 Å². The maximum atomic E-state index is 12.6. The van der Waals surface area contributed by atoms with Crippen molar-refractivity contribution in [3.63, 3.8) is 0 Å². The molecule has 1 aliphatic rings. The van der Waals surface area contributed by atoms with Gasteiger partial charge >= 0.3 is 7.60 Å². The second kappa shape index (κ2) is 9.75. The third-order valence-electron chi connectivity index (χ3n) is 4.64. The second-order valence-corrected chi connectivity index (χ2v) is 9.13. The predicted octanol–water partition coefficient (Wildman–Crippen LogP) is 6.67. The van der Waals surface area contributed by atoms with Crippen LogP contribution in [0.15, 0.2) is 34.9 Å². The molecule has 0 aromatic heterocycles. The Morgan fingerprint density at radius 1 is 1.21 bits per heavy atom. The summed E-state index contributed by atoms with van der Waals surface area (Å²) in [6, 6.07) is 0. The van der Waals surface area contributed by atoms with Crippen molar-refractivity contribution in [3.8, 4) is 0 Å². The molecule has 1 rings (SSSR count). The predicted molar refractivity (Wildman–Crippen MR) is 104 cm³/mol. The minimum absolute atomic E-state index is 0.240. The Morgan fingerprint density at radius 2 is 1.83 bits per heavy atom. The van der Waals surface area contributed by atoms with Crippen molar-refractivity contribution in [3.05, 3.63) is 34.9 Å². The zero-order valence-electron chi connectivity index (χ0n) is 16.4. The van der Waals surface area contributed by atoms with Crippen LogP contribution in [0.4, 0.5) is 0 Å². The zero-order chi connectivity index (χ0) is 18.2. The first-order valence-electron chi connectivity index (χ1n) is 9.23. The van der Waals surface area contributed by atoms with Gasteiger partial charge < -0.3 is 9.05 Å². The van der Waals surface area contributed by atoms with Gasteiger partial charge in [0.25, 0.3) is 0 Å². The lowest BCUT2D eigenvalue weighted by Crippen LogP contribution is -2.19. The van der Waals surface area contributed by atoms with Crippen molar-refractivity contribution >= 4 is 7.60 Å². The number of hydrogen-bond acceptors (Lipinski definition) is 3. The number of hydrogen-bond donors (Lipinski definition) is 0. The summed E-state index contributed by atoms with van der Waals surface area (Å²) < 4.78 is 23.3. The Balaban J connectivity index is 2.91. The molecule has 0 spiro atoms. The molecule has 0 saturated heterocycles. The molecule has 0 aromatic carbocycles. The molecule has 3 nitrogen and oxygen atoms in total. The van der Waals surface area contributed by atoms with Gasteiger partial charge in [0.15, 0.2) is 0 Å². The summed E-state index contributed by atoms with van der Waals surface area (Å²) in [6.07, 6.45) is 11.4. The average Bonchev–Trinajstić information content (AvgIpc) is 2.49. The van der Waals surface area contributed by atoms with Crippen molar-refractivity contribution in [1.82, 2.24) is 0 Å². The topological polar surface area (TPSA) is 35.5 Å². The maximum absolute atomic E-state index is 12.6. The fraction of sp³-hybridized carbons (Fsp3) is 0.700. The first-order chi connectivity index (χ1) is 11.3. The highest BCUT2D eigenvalue weighted by Gasteiger charge is 2.26. The lowest BCUT2D eigenvalue weighted by Gasteiger charge is -2.33. The van der Waals surface area contributed by atoms with Gasteiger partial charge in [0.2, 0.25) is 0 Å². The summed E-state index contributed by atoms with van der Waals surface area (Å²) >= 11 is 0. The van der Waals surface area contributed by atoms with E-state index in [-0.39, 0.29) is 5.41 Å². The lowest BCUT2D eigenvalue weighted by molar-refractivity contribution is 0.222. The SMILES string of the molecule is CCOP(=O)(CC=C(C=CC1=C(C)CCCC1(C)C)CC)OCC. The lowest BCUT2D eigenvalue weighted by atomic mass is 9.72. The van der Waals surface area contributed by atoms with E-state index < -0.39 is 7.60 Å². The van der Waals surface area contributed by atoms with E-state index in [0.29, 0.717) is 19.4 Å². The van der Waals surface area contributed by atoms with Gasteiger partial charge in [-0.15, -0.1) is 0 Å². The first-order valence-corrected chi connectivity index (χ1v) is 11.0. The quantitative estimate of drug-likeness (QED) is 0.342. The summed E-state index contributed by atoms with van der Waals surface area (Å²) in [5, 5.41) is 0. The van der Waals surface area contributed by atoms with Crippen LogP contribution in [0.5, 0.6) is 0 Å². The molecule has 0 aliphatic heterocycles. The molecule has 0 radical (unpaired) electrons. The van der Waals surface area contributed by atoms with E-state index in [0.717, 1.165) is 6.42 Å². The Kier molecular flexibility index (Phi) is 8.70. The smallest absolute Gasteiger partial charge is 0.309 e. The molecule has 0 amide bonds. The van der Waals surface area contributed by atoms with Crippen molar-refractivity contribution in [2.45, 2.75) is 67.2 Å². The minimum Gasteiger partial charge on any atom is -0.309 e. The van der Waals surface area contributed by atoms with E-state index >= 15 is 0 Å². The third kappa shape index (κ3) is 6.35. The Morgan fingerprint density at radius 3 is 2.33 bits per heavy atom. The summed E-state index contributed by atoms with van der Waals surface area (Å²) in [5.74, 6) is 0. The summed E-state index contributed by atoms with van der Waals surface area (Å²) in [6.45, 7) is 13.5. The van der Waals surface area contributed by atoms with Crippen LogP contribution in [0.2, 0.25) is 0 Å². The van der Waals surface area contributed by atoms with Crippen LogP contribution in [0.1, 0.15) is 67.2 Å². The average molecular weight is 354 g/mol. The van der Waals surface area contributed by atoms with Crippen LogP contribution in [-0.4, -0.2) is 19.4 Å². The minimum atomic E-state index is -3.00. The molecular weight excluding hydrogens is 319 g/mol. The molecule has 0 atom stereocenters. The van der Waals surface area contributed by atoms with Crippen LogP contribution in [0.3, 0.4) is 0 Å². The van der Waals surface area contributed by atoms with Crippen molar-refractivity contribution in [1.29, 1.82) is 0 Å². The standard InChI is InChI=1S/C20H35O3P/c1-7-18(14-16-24(21,22-8-2)23-9-3)12-13-19-17(4)11-10-15-20(19,5)6/h12-14H,7-11,15-16H2,1-6H3. The van der Waals surface area contributed by atoms with Crippen molar-refractivity contribution < 1.29 is 13.6 Å². The van der Waals surface area contributed by atoms with Gasteiger partial charge in [-0.25, -0.2) is 0 Å². The molecule has 0 fully saturated rings. The van der Waals surface area contributed by atoms with Crippen molar-refractivity contribution in [2.24, 2.45) is 5.41 Å².